The van der Waals surface area contributed by atoms with Crippen LogP contribution in [-0.2, 0) is 9.84 Å². The molecule has 0 bridgehead atoms. The molecule has 0 fully saturated rings. The van der Waals surface area contributed by atoms with Gasteiger partial charge in [0, 0.05) is 11.3 Å². The smallest absolute Gasteiger partial charge is 0.175 e. The van der Waals surface area contributed by atoms with Crippen LogP contribution in [0.15, 0.2) is 23.1 Å². The van der Waals surface area contributed by atoms with Gasteiger partial charge < -0.3 is 0 Å². The minimum absolute atomic E-state index is 0.277. The molecule has 0 amide bonds. The molecule has 1 atom stereocenters. The maximum absolute atomic E-state index is 11.3. The summed E-state index contributed by atoms with van der Waals surface area (Å²) in [5, 5.41) is 0.535. The van der Waals surface area contributed by atoms with E-state index in [9.17, 15) is 8.42 Å². The van der Waals surface area contributed by atoms with Gasteiger partial charge in [0.15, 0.2) is 9.84 Å². The van der Waals surface area contributed by atoms with E-state index >= 15 is 0 Å². The lowest BCUT2D eigenvalue weighted by molar-refractivity contribution is 0.601. The van der Waals surface area contributed by atoms with Crippen molar-refractivity contribution in [2.75, 3.05) is 6.26 Å². The lowest BCUT2D eigenvalue weighted by Crippen LogP contribution is -1.99. The molecule has 0 aromatic heterocycles. The molecule has 0 spiro atoms. The zero-order valence-corrected chi connectivity index (χ0v) is 10.7. The Kier molecular flexibility index (Phi) is 3.79. The van der Waals surface area contributed by atoms with Crippen LogP contribution in [0.25, 0.3) is 0 Å². The molecular weight excluding hydrogens is 232 g/mol. The molecule has 0 saturated carbocycles. The van der Waals surface area contributed by atoms with Crippen molar-refractivity contribution >= 4 is 21.4 Å². The quantitative estimate of drug-likeness (QED) is 0.821. The topological polar surface area (TPSA) is 34.1 Å². The van der Waals surface area contributed by atoms with E-state index in [1.165, 1.54) is 12.3 Å². The van der Waals surface area contributed by atoms with Crippen LogP contribution in [-0.4, -0.2) is 14.7 Å². The molecule has 1 rings (SSSR count). The number of hydrogen-bond acceptors (Lipinski definition) is 2. The Hall–Kier alpha value is -0.540. The highest BCUT2D eigenvalue weighted by atomic mass is 35.5. The van der Waals surface area contributed by atoms with Crippen molar-refractivity contribution in [3.05, 3.63) is 28.8 Å². The molecule has 1 aromatic carbocycles. The highest BCUT2D eigenvalue weighted by Crippen LogP contribution is 2.28. The van der Waals surface area contributed by atoms with E-state index in [1.807, 2.05) is 0 Å². The van der Waals surface area contributed by atoms with E-state index < -0.39 is 9.84 Å². The molecule has 0 radical (unpaired) electrons. The van der Waals surface area contributed by atoms with E-state index in [4.69, 9.17) is 11.6 Å². The SMILES string of the molecule is CCC(C)c1ccc(S(C)(=O)=O)cc1Cl. The second-order valence-electron chi connectivity index (χ2n) is 3.76. The van der Waals surface area contributed by atoms with E-state index in [2.05, 4.69) is 13.8 Å². The third kappa shape index (κ3) is 2.95. The fourth-order valence-electron chi connectivity index (χ4n) is 1.36. The first-order chi connectivity index (χ1) is 6.86. The second kappa shape index (κ2) is 4.54. The van der Waals surface area contributed by atoms with E-state index in [0.29, 0.717) is 10.9 Å². The zero-order chi connectivity index (χ0) is 11.6. The predicted octanol–water partition coefficient (Wildman–Crippen LogP) is 3.26. The first kappa shape index (κ1) is 12.5. The Labute approximate surface area is 96.2 Å². The minimum atomic E-state index is -3.16. The molecule has 15 heavy (non-hydrogen) atoms. The van der Waals surface area contributed by atoms with Gasteiger partial charge in [0.2, 0.25) is 0 Å². The number of sulfone groups is 1. The summed E-state index contributed by atoms with van der Waals surface area (Å²) < 4.78 is 22.6. The molecule has 84 valence electrons. The van der Waals surface area contributed by atoms with Crippen LogP contribution in [0, 0.1) is 0 Å². The molecular formula is C11H15ClO2S. The van der Waals surface area contributed by atoms with Crippen molar-refractivity contribution in [3.63, 3.8) is 0 Å². The van der Waals surface area contributed by atoms with Crippen LogP contribution in [0.3, 0.4) is 0 Å². The summed E-state index contributed by atoms with van der Waals surface area (Å²) >= 11 is 6.04. The Morgan fingerprint density at radius 1 is 1.40 bits per heavy atom. The van der Waals surface area contributed by atoms with Crippen molar-refractivity contribution in [2.24, 2.45) is 0 Å². The summed E-state index contributed by atoms with van der Waals surface area (Å²) in [4.78, 5) is 0.277. The van der Waals surface area contributed by atoms with Gasteiger partial charge in [0.25, 0.3) is 0 Å². The van der Waals surface area contributed by atoms with Gasteiger partial charge in [-0.15, -0.1) is 0 Å². The molecule has 0 aliphatic rings. The fraction of sp³-hybridized carbons (Fsp3) is 0.455. The largest absolute Gasteiger partial charge is 0.224 e. The number of halogens is 1. The summed E-state index contributed by atoms with van der Waals surface area (Å²) in [6.07, 6.45) is 2.17. The third-order valence-corrected chi connectivity index (χ3v) is 3.98. The van der Waals surface area contributed by atoms with Crippen LogP contribution in [0.4, 0.5) is 0 Å². The fourth-order valence-corrected chi connectivity index (χ4v) is 2.44. The Bertz CT molecular complexity index is 452. The maximum atomic E-state index is 11.3. The molecule has 1 aromatic rings. The molecule has 2 nitrogen and oxygen atoms in total. The van der Waals surface area contributed by atoms with Crippen LogP contribution >= 0.6 is 11.6 Å². The minimum Gasteiger partial charge on any atom is -0.224 e. The van der Waals surface area contributed by atoms with E-state index in [0.717, 1.165) is 12.0 Å². The summed E-state index contributed by atoms with van der Waals surface area (Å²) in [7, 11) is -3.16. The van der Waals surface area contributed by atoms with Crippen molar-refractivity contribution < 1.29 is 8.42 Å². The number of rotatable bonds is 3. The molecule has 0 saturated heterocycles. The Morgan fingerprint density at radius 3 is 2.40 bits per heavy atom. The van der Waals surface area contributed by atoms with Crippen molar-refractivity contribution in [1.29, 1.82) is 0 Å². The van der Waals surface area contributed by atoms with Crippen LogP contribution in [0.2, 0.25) is 5.02 Å². The number of benzene rings is 1. The van der Waals surface area contributed by atoms with Crippen LogP contribution in [0.1, 0.15) is 31.7 Å². The molecule has 4 heteroatoms. The van der Waals surface area contributed by atoms with Gasteiger partial charge in [-0.3, -0.25) is 0 Å². The Morgan fingerprint density at radius 2 is 2.00 bits per heavy atom. The summed E-state index contributed by atoms with van der Waals surface area (Å²) in [5.74, 6) is 0.353. The van der Waals surface area contributed by atoms with Gasteiger partial charge in [-0.1, -0.05) is 31.5 Å². The summed E-state index contributed by atoms with van der Waals surface area (Å²) in [5.41, 5.74) is 1.01. The second-order valence-corrected chi connectivity index (χ2v) is 6.19. The molecule has 1 unspecified atom stereocenters. The van der Waals surface area contributed by atoms with Gasteiger partial charge >= 0.3 is 0 Å². The monoisotopic (exact) mass is 246 g/mol. The number of hydrogen-bond donors (Lipinski definition) is 0. The molecule has 0 aliphatic carbocycles. The van der Waals surface area contributed by atoms with Gasteiger partial charge in [-0.05, 0) is 30.0 Å². The summed E-state index contributed by atoms with van der Waals surface area (Å²) in [6, 6.07) is 4.94. The van der Waals surface area contributed by atoms with Crippen LogP contribution < -0.4 is 0 Å². The third-order valence-electron chi connectivity index (χ3n) is 2.54. The van der Waals surface area contributed by atoms with E-state index in [1.54, 1.807) is 12.1 Å². The lowest BCUT2D eigenvalue weighted by Gasteiger charge is -2.11. The zero-order valence-electron chi connectivity index (χ0n) is 9.12. The molecule has 0 aliphatic heterocycles. The molecule has 0 heterocycles. The van der Waals surface area contributed by atoms with Crippen molar-refractivity contribution in [3.8, 4) is 0 Å². The van der Waals surface area contributed by atoms with Gasteiger partial charge in [0.1, 0.15) is 0 Å². The van der Waals surface area contributed by atoms with Gasteiger partial charge in [-0.2, -0.15) is 0 Å². The first-order valence-corrected chi connectivity index (χ1v) is 7.12. The van der Waals surface area contributed by atoms with E-state index in [-0.39, 0.29) is 4.90 Å². The highest BCUT2D eigenvalue weighted by molar-refractivity contribution is 7.90. The normalized spacial score (nSPS) is 13.9. The Balaban J connectivity index is 3.20. The average Bonchev–Trinajstić information content (AvgIpc) is 2.15. The van der Waals surface area contributed by atoms with Crippen molar-refractivity contribution in [2.45, 2.75) is 31.1 Å². The lowest BCUT2D eigenvalue weighted by atomic mass is 9.99. The van der Waals surface area contributed by atoms with Gasteiger partial charge in [0.05, 0.1) is 4.90 Å². The molecule has 0 N–H and O–H groups in total. The maximum Gasteiger partial charge on any atom is 0.175 e. The van der Waals surface area contributed by atoms with Crippen LogP contribution in [0.5, 0.6) is 0 Å². The standard InChI is InChI=1S/C11H15ClO2S/c1-4-8(2)10-6-5-9(7-11(10)12)15(3,13)14/h5-8H,4H2,1-3H3. The predicted molar refractivity (Wildman–Crippen MR) is 63.3 cm³/mol. The first-order valence-electron chi connectivity index (χ1n) is 4.85. The highest BCUT2D eigenvalue weighted by Gasteiger charge is 2.12. The van der Waals surface area contributed by atoms with Crippen molar-refractivity contribution in [1.82, 2.24) is 0 Å². The van der Waals surface area contributed by atoms with Gasteiger partial charge in [-0.25, -0.2) is 8.42 Å². The average molecular weight is 247 g/mol. The summed E-state index contributed by atoms with van der Waals surface area (Å²) in [6.45, 7) is 4.15.